The number of halogens is 5. The predicted molar refractivity (Wildman–Crippen MR) is 42.9 cm³/mol. The third-order valence-electron chi connectivity index (χ3n) is 1.51. The minimum Gasteiger partial charge on any atom is -0.469 e. The number of alkyl halides is 5. The Labute approximate surface area is 86.2 Å². The Bertz CT molecular complexity index is 367. The molecule has 0 aromatic carbocycles. The zero-order valence-corrected chi connectivity index (χ0v) is 7.63. The van der Waals surface area contributed by atoms with Gasteiger partial charge < -0.3 is 10.5 Å². The summed E-state index contributed by atoms with van der Waals surface area (Å²) >= 11 is 0. The zero-order valence-electron chi connectivity index (χ0n) is 7.63. The number of nitrogen functional groups attached to an aromatic ring is 1. The van der Waals surface area contributed by atoms with Crippen molar-refractivity contribution in [1.29, 1.82) is 0 Å². The Kier molecular flexibility index (Phi) is 3.15. The maximum absolute atomic E-state index is 12.4. The molecule has 0 unspecified atom stereocenters. The molecule has 2 N–H and O–H groups in total. The van der Waals surface area contributed by atoms with Crippen LogP contribution in [0.2, 0.25) is 0 Å². The molecule has 1 rings (SSSR count). The summed E-state index contributed by atoms with van der Waals surface area (Å²) in [5, 5.41) is 0. The number of nitrogens with two attached hydrogens (primary N) is 1. The molecule has 0 amide bonds. The van der Waals surface area contributed by atoms with E-state index in [-0.39, 0.29) is 5.69 Å². The van der Waals surface area contributed by atoms with Crippen molar-refractivity contribution in [2.45, 2.75) is 12.1 Å². The van der Waals surface area contributed by atoms with E-state index in [0.717, 1.165) is 12.5 Å². The number of hydrogen-bond donors (Lipinski definition) is 1. The highest BCUT2D eigenvalue weighted by atomic mass is 19.4. The molecule has 0 bridgehead atoms. The molecule has 0 radical (unpaired) electrons. The summed E-state index contributed by atoms with van der Waals surface area (Å²) in [6.45, 7) is -1.88. The molecule has 1 aromatic heterocycles. The molecule has 0 saturated heterocycles. The van der Waals surface area contributed by atoms with Crippen molar-refractivity contribution in [2.75, 3.05) is 12.3 Å². The smallest absolute Gasteiger partial charge is 0.456 e. The average Bonchev–Trinajstić information content (AvgIpc) is 2.15. The Morgan fingerprint density at radius 3 is 2.38 bits per heavy atom. The number of ether oxygens (including phenoxy) is 1. The van der Waals surface area contributed by atoms with Gasteiger partial charge in [-0.15, -0.1) is 0 Å². The van der Waals surface area contributed by atoms with E-state index in [1.54, 1.807) is 0 Å². The predicted octanol–water partition coefficient (Wildman–Crippen LogP) is 1.64. The summed E-state index contributed by atoms with van der Waals surface area (Å²) in [4.78, 5) is 6.72. The lowest BCUT2D eigenvalue weighted by Gasteiger charge is -2.19. The lowest BCUT2D eigenvalue weighted by atomic mass is 10.3. The van der Waals surface area contributed by atoms with Gasteiger partial charge in [0, 0.05) is 0 Å². The minimum absolute atomic E-state index is 0.222. The highest BCUT2D eigenvalue weighted by Crippen LogP contribution is 2.35. The van der Waals surface area contributed by atoms with Gasteiger partial charge in [-0.1, -0.05) is 0 Å². The zero-order chi connectivity index (χ0) is 12.4. The quantitative estimate of drug-likeness (QED) is 0.819. The van der Waals surface area contributed by atoms with Gasteiger partial charge in [-0.2, -0.15) is 22.0 Å². The molecule has 1 heterocycles. The SMILES string of the molecule is Nc1cncnc1OCC(F)(F)C(F)(F)F. The second kappa shape index (κ2) is 4.06. The van der Waals surface area contributed by atoms with E-state index >= 15 is 0 Å². The lowest BCUT2D eigenvalue weighted by molar-refractivity contribution is -0.290. The maximum Gasteiger partial charge on any atom is 0.456 e. The molecule has 1 aromatic rings. The third kappa shape index (κ3) is 2.67. The first-order valence-corrected chi connectivity index (χ1v) is 3.87. The van der Waals surface area contributed by atoms with Crippen LogP contribution in [-0.2, 0) is 0 Å². The molecule has 9 heteroatoms. The Morgan fingerprint density at radius 1 is 1.25 bits per heavy atom. The Hall–Kier alpha value is -1.67. The van der Waals surface area contributed by atoms with Gasteiger partial charge in [0.15, 0.2) is 6.61 Å². The van der Waals surface area contributed by atoms with Gasteiger partial charge >= 0.3 is 12.1 Å². The van der Waals surface area contributed by atoms with Crippen LogP contribution in [0.4, 0.5) is 27.6 Å². The van der Waals surface area contributed by atoms with Crippen molar-refractivity contribution in [1.82, 2.24) is 9.97 Å². The van der Waals surface area contributed by atoms with Crippen LogP contribution in [0.3, 0.4) is 0 Å². The van der Waals surface area contributed by atoms with Crippen LogP contribution in [0.15, 0.2) is 12.5 Å². The molecule has 90 valence electrons. The van der Waals surface area contributed by atoms with E-state index < -0.39 is 24.6 Å². The Morgan fingerprint density at radius 2 is 1.88 bits per heavy atom. The van der Waals surface area contributed by atoms with Gasteiger partial charge in [0.2, 0.25) is 5.88 Å². The molecule has 4 nitrogen and oxygen atoms in total. The first-order chi connectivity index (χ1) is 7.24. The van der Waals surface area contributed by atoms with Gasteiger partial charge in [-0.3, -0.25) is 0 Å². The average molecular weight is 243 g/mol. The van der Waals surface area contributed by atoms with Crippen molar-refractivity contribution in [3.63, 3.8) is 0 Å². The largest absolute Gasteiger partial charge is 0.469 e. The standard InChI is InChI=1S/C7H6F5N3O/c8-6(9,7(10,11)12)2-16-5-4(13)1-14-3-15-5/h1,3H,2,13H2. The summed E-state index contributed by atoms with van der Waals surface area (Å²) in [6, 6.07) is 0. The van der Waals surface area contributed by atoms with Crippen LogP contribution in [0.1, 0.15) is 0 Å². The monoisotopic (exact) mass is 243 g/mol. The fraction of sp³-hybridized carbons (Fsp3) is 0.429. The van der Waals surface area contributed by atoms with E-state index in [4.69, 9.17) is 5.73 Å². The number of anilines is 1. The van der Waals surface area contributed by atoms with Gasteiger partial charge in [-0.25, -0.2) is 9.97 Å². The second-order valence-electron chi connectivity index (χ2n) is 2.77. The van der Waals surface area contributed by atoms with E-state index in [1.165, 1.54) is 0 Å². The van der Waals surface area contributed by atoms with Crippen molar-refractivity contribution in [3.8, 4) is 5.88 Å². The minimum atomic E-state index is -5.67. The lowest BCUT2D eigenvalue weighted by Crippen LogP contribution is -2.41. The van der Waals surface area contributed by atoms with E-state index in [0.29, 0.717) is 0 Å². The first-order valence-electron chi connectivity index (χ1n) is 3.87. The van der Waals surface area contributed by atoms with Crippen molar-refractivity contribution in [3.05, 3.63) is 12.5 Å². The number of nitrogens with zero attached hydrogens (tertiary/aromatic N) is 2. The fourth-order valence-corrected chi connectivity index (χ4v) is 0.691. The van der Waals surface area contributed by atoms with Gasteiger partial charge in [-0.05, 0) is 0 Å². The van der Waals surface area contributed by atoms with Crippen LogP contribution in [-0.4, -0.2) is 28.7 Å². The van der Waals surface area contributed by atoms with Crippen molar-refractivity contribution in [2.24, 2.45) is 0 Å². The summed E-state index contributed by atoms with van der Waals surface area (Å²) in [5.74, 6) is -5.47. The molecular formula is C7H6F5N3O. The van der Waals surface area contributed by atoms with Crippen LogP contribution < -0.4 is 10.5 Å². The molecular weight excluding hydrogens is 237 g/mol. The summed E-state index contributed by atoms with van der Waals surface area (Å²) in [7, 11) is 0. The highest BCUT2D eigenvalue weighted by Gasteiger charge is 2.58. The second-order valence-corrected chi connectivity index (χ2v) is 2.77. The normalized spacial score (nSPS) is 12.6. The first kappa shape index (κ1) is 12.4. The Balaban J connectivity index is 2.69. The molecule has 0 atom stereocenters. The van der Waals surface area contributed by atoms with Crippen molar-refractivity contribution >= 4 is 5.69 Å². The van der Waals surface area contributed by atoms with Crippen LogP contribution in [0, 0.1) is 0 Å². The van der Waals surface area contributed by atoms with Crippen LogP contribution >= 0.6 is 0 Å². The maximum atomic E-state index is 12.4. The van der Waals surface area contributed by atoms with Gasteiger partial charge in [0.1, 0.15) is 12.0 Å². The van der Waals surface area contributed by atoms with Crippen molar-refractivity contribution < 1.29 is 26.7 Å². The molecule has 0 saturated carbocycles. The summed E-state index contributed by atoms with van der Waals surface area (Å²) in [6.07, 6.45) is -3.74. The number of aromatic nitrogens is 2. The van der Waals surface area contributed by atoms with Crippen LogP contribution in [0.25, 0.3) is 0 Å². The summed E-state index contributed by atoms with van der Waals surface area (Å²) in [5.41, 5.74) is 4.96. The van der Waals surface area contributed by atoms with Gasteiger partial charge in [0.25, 0.3) is 0 Å². The number of rotatable bonds is 3. The number of hydrogen-bond acceptors (Lipinski definition) is 4. The summed E-state index contributed by atoms with van der Waals surface area (Å²) < 4.78 is 64.2. The molecule has 0 aliphatic carbocycles. The molecule has 0 aliphatic heterocycles. The third-order valence-corrected chi connectivity index (χ3v) is 1.51. The van der Waals surface area contributed by atoms with E-state index in [9.17, 15) is 22.0 Å². The van der Waals surface area contributed by atoms with Gasteiger partial charge in [0.05, 0.1) is 6.20 Å². The topological polar surface area (TPSA) is 61.0 Å². The fourth-order valence-electron chi connectivity index (χ4n) is 0.691. The van der Waals surface area contributed by atoms with E-state index in [2.05, 4.69) is 14.7 Å². The molecule has 16 heavy (non-hydrogen) atoms. The molecule has 0 fully saturated rings. The highest BCUT2D eigenvalue weighted by molar-refractivity contribution is 5.44. The van der Waals surface area contributed by atoms with Crippen LogP contribution in [0.5, 0.6) is 5.88 Å². The van der Waals surface area contributed by atoms with E-state index in [1.807, 2.05) is 0 Å². The molecule has 0 spiro atoms. The molecule has 0 aliphatic rings.